The van der Waals surface area contributed by atoms with Gasteiger partial charge in [0.1, 0.15) is 0 Å². The molecule has 6 nitrogen and oxygen atoms in total. The van der Waals surface area contributed by atoms with Crippen molar-refractivity contribution in [1.29, 1.82) is 0 Å². The Bertz CT molecular complexity index is 925. The van der Waals surface area contributed by atoms with Crippen molar-refractivity contribution in [3.05, 3.63) is 58.6 Å². The van der Waals surface area contributed by atoms with Crippen molar-refractivity contribution in [3.8, 4) is 0 Å². The van der Waals surface area contributed by atoms with E-state index in [9.17, 15) is 13.2 Å². The highest BCUT2D eigenvalue weighted by molar-refractivity contribution is 7.89. The number of sulfonamides is 1. The van der Waals surface area contributed by atoms with Crippen LogP contribution in [-0.4, -0.2) is 44.9 Å². The zero-order chi connectivity index (χ0) is 18.7. The van der Waals surface area contributed by atoms with Crippen molar-refractivity contribution < 1.29 is 17.9 Å². The van der Waals surface area contributed by atoms with Crippen LogP contribution in [0.4, 0.5) is 5.69 Å². The van der Waals surface area contributed by atoms with Crippen LogP contribution >= 0.6 is 11.6 Å². The summed E-state index contributed by atoms with van der Waals surface area (Å²) in [6.07, 6.45) is 0. The summed E-state index contributed by atoms with van der Waals surface area (Å²) in [6.45, 7) is 3.24. The predicted molar refractivity (Wildman–Crippen MR) is 100 cm³/mol. The quantitative estimate of drug-likeness (QED) is 0.865. The highest BCUT2D eigenvalue weighted by atomic mass is 35.5. The summed E-state index contributed by atoms with van der Waals surface area (Å²) in [6, 6.07) is 11.3. The SMILES string of the molecule is Cc1ccc(NC(=O)c2cccc(S(=O)(=O)N3CCOCC3)c2)c(Cl)c1. The van der Waals surface area contributed by atoms with Gasteiger partial charge in [0.2, 0.25) is 10.0 Å². The lowest BCUT2D eigenvalue weighted by Crippen LogP contribution is -2.40. The van der Waals surface area contributed by atoms with Crippen LogP contribution in [-0.2, 0) is 14.8 Å². The average Bonchev–Trinajstić information content (AvgIpc) is 2.65. The van der Waals surface area contributed by atoms with Crippen molar-refractivity contribution in [2.75, 3.05) is 31.6 Å². The van der Waals surface area contributed by atoms with Crippen LogP contribution in [0.2, 0.25) is 5.02 Å². The molecule has 1 amide bonds. The first-order valence-corrected chi connectivity index (χ1v) is 9.95. The van der Waals surface area contributed by atoms with Gasteiger partial charge in [0, 0.05) is 18.7 Å². The maximum atomic E-state index is 12.7. The van der Waals surface area contributed by atoms with Crippen LogP contribution in [0.25, 0.3) is 0 Å². The fourth-order valence-corrected chi connectivity index (χ4v) is 4.39. The van der Waals surface area contributed by atoms with E-state index in [1.807, 2.05) is 13.0 Å². The molecule has 8 heteroatoms. The second-order valence-corrected chi connectivity index (χ2v) is 8.33. The fraction of sp³-hybridized carbons (Fsp3) is 0.278. The first-order valence-electron chi connectivity index (χ1n) is 8.13. The molecule has 0 unspecified atom stereocenters. The maximum absolute atomic E-state index is 12.7. The Morgan fingerprint density at radius 2 is 1.88 bits per heavy atom. The molecule has 1 N–H and O–H groups in total. The number of hydrogen-bond donors (Lipinski definition) is 1. The van der Waals surface area contributed by atoms with E-state index >= 15 is 0 Å². The third kappa shape index (κ3) is 4.07. The number of halogens is 1. The van der Waals surface area contributed by atoms with Crippen LogP contribution in [0.3, 0.4) is 0 Å². The van der Waals surface area contributed by atoms with Gasteiger partial charge in [0.05, 0.1) is 28.8 Å². The summed E-state index contributed by atoms with van der Waals surface area (Å²) in [7, 11) is -3.66. The summed E-state index contributed by atoms with van der Waals surface area (Å²) in [5.74, 6) is -0.421. The van der Waals surface area contributed by atoms with Crippen molar-refractivity contribution in [1.82, 2.24) is 4.31 Å². The van der Waals surface area contributed by atoms with E-state index < -0.39 is 15.9 Å². The highest BCUT2D eigenvalue weighted by Crippen LogP contribution is 2.24. The third-order valence-corrected chi connectivity index (χ3v) is 6.28. The first-order chi connectivity index (χ1) is 12.4. The van der Waals surface area contributed by atoms with Crippen molar-refractivity contribution in [3.63, 3.8) is 0 Å². The molecule has 0 bridgehead atoms. The Morgan fingerprint density at radius 1 is 1.15 bits per heavy atom. The van der Waals surface area contributed by atoms with Crippen molar-refractivity contribution >= 4 is 33.2 Å². The molecule has 2 aromatic carbocycles. The summed E-state index contributed by atoms with van der Waals surface area (Å²) in [5.41, 5.74) is 1.70. The molecule has 3 rings (SSSR count). The van der Waals surface area contributed by atoms with E-state index in [1.165, 1.54) is 16.4 Å². The second-order valence-electron chi connectivity index (χ2n) is 5.98. The predicted octanol–water partition coefficient (Wildman–Crippen LogP) is 2.92. The minimum absolute atomic E-state index is 0.0852. The van der Waals surface area contributed by atoms with Crippen LogP contribution in [0, 0.1) is 6.92 Å². The van der Waals surface area contributed by atoms with E-state index in [0.717, 1.165) is 5.56 Å². The van der Waals surface area contributed by atoms with Gasteiger partial charge in [-0.3, -0.25) is 4.79 Å². The van der Waals surface area contributed by atoms with Gasteiger partial charge in [-0.05, 0) is 42.8 Å². The zero-order valence-electron chi connectivity index (χ0n) is 14.2. The molecule has 26 heavy (non-hydrogen) atoms. The van der Waals surface area contributed by atoms with E-state index in [0.29, 0.717) is 37.0 Å². The lowest BCUT2D eigenvalue weighted by atomic mass is 10.2. The van der Waals surface area contributed by atoms with Gasteiger partial charge < -0.3 is 10.1 Å². The fourth-order valence-electron chi connectivity index (χ4n) is 2.65. The number of carbonyl (C=O) groups is 1. The number of carbonyl (C=O) groups excluding carboxylic acids is 1. The number of nitrogens with one attached hydrogen (secondary N) is 1. The van der Waals surface area contributed by atoms with E-state index in [4.69, 9.17) is 16.3 Å². The largest absolute Gasteiger partial charge is 0.379 e. The molecule has 1 heterocycles. The number of aryl methyl sites for hydroxylation is 1. The van der Waals surface area contributed by atoms with E-state index in [1.54, 1.807) is 24.3 Å². The Labute approximate surface area is 157 Å². The molecule has 1 aliphatic heterocycles. The molecule has 1 aliphatic rings. The Balaban J connectivity index is 1.83. The lowest BCUT2D eigenvalue weighted by Gasteiger charge is -2.26. The molecular weight excluding hydrogens is 376 g/mol. The first kappa shape index (κ1) is 18.8. The number of benzene rings is 2. The molecule has 0 radical (unpaired) electrons. The van der Waals surface area contributed by atoms with E-state index in [-0.39, 0.29) is 10.5 Å². The molecule has 0 atom stereocenters. The van der Waals surface area contributed by atoms with E-state index in [2.05, 4.69) is 5.32 Å². The normalized spacial score (nSPS) is 15.6. The van der Waals surface area contributed by atoms with Crippen LogP contribution in [0.1, 0.15) is 15.9 Å². The van der Waals surface area contributed by atoms with Crippen molar-refractivity contribution in [2.45, 2.75) is 11.8 Å². The molecule has 2 aromatic rings. The van der Waals surface area contributed by atoms with Crippen LogP contribution < -0.4 is 5.32 Å². The smallest absolute Gasteiger partial charge is 0.255 e. The lowest BCUT2D eigenvalue weighted by molar-refractivity contribution is 0.0730. The molecule has 0 aromatic heterocycles. The molecule has 1 fully saturated rings. The van der Waals surface area contributed by atoms with Gasteiger partial charge in [0.25, 0.3) is 5.91 Å². The number of nitrogens with zero attached hydrogens (tertiary/aromatic N) is 1. The Kier molecular flexibility index (Phi) is 5.62. The average molecular weight is 395 g/mol. The van der Waals surface area contributed by atoms with Gasteiger partial charge in [-0.1, -0.05) is 23.7 Å². The van der Waals surface area contributed by atoms with Gasteiger partial charge in [-0.25, -0.2) is 8.42 Å². The molecule has 0 saturated carbocycles. The monoisotopic (exact) mass is 394 g/mol. The van der Waals surface area contributed by atoms with Gasteiger partial charge in [-0.2, -0.15) is 4.31 Å². The molecule has 138 valence electrons. The second kappa shape index (κ2) is 7.75. The van der Waals surface area contributed by atoms with Crippen LogP contribution in [0.15, 0.2) is 47.4 Å². The number of hydrogen-bond acceptors (Lipinski definition) is 4. The van der Waals surface area contributed by atoms with Crippen molar-refractivity contribution in [2.24, 2.45) is 0 Å². The van der Waals surface area contributed by atoms with Gasteiger partial charge in [0.15, 0.2) is 0 Å². The number of morpholine rings is 1. The standard InChI is InChI=1S/C18H19ClN2O4S/c1-13-5-6-17(16(19)11-13)20-18(22)14-3-2-4-15(12-14)26(23,24)21-7-9-25-10-8-21/h2-6,11-12H,7-10H2,1H3,(H,20,22). The maximum Gasteiger partial charge on any atom is 0.255 e. The third-order valence-electron chi connectivity index (χ3n) is 4.08. The highest BCUT2D eigenvalue weighted by Gasteiger charge is 2.26. The number of anilines is 1. The summed E-state index contributed by atoms with van der Waals surface area (Å²) >= 11 is 6.14. The Hall–Kier alpha value is -1.93. The molecule has 0 spiro atoms. The van der Waals surface area contributed by atoms with Gasteiger partial charge in [-0.15, -0.1) is 0 Å². The number of rotatable bonds is 4. The topological polar surface area (TPSA) is 75.7 Å². The Morgan fingerprint density at radius 3 is 2.58 bits per heavy atom. The van der Waals surface area contributed by atoms with Crippen LogP contribution in [0.5, 0.6) is 0 Å². The summed E-state index contributed by atoms with van der Waals surface area (Å²) in [5, 5.41) is 3.14. The molecular formula is C18H19ClN2O4S. The number of ether oxygens (including phenoxy) is 1. The zero-order valence-corrected chi connectivity index (χ0v) is 15.8. The number of amides is 1. The minimum Gasteiger partial charge on any atom is -0.379 e. The van der Waals surface area contributed by atoms with Gasteiger partial charge >= 0.3 is 0 Å². The minimum atomic E-state index is -3.66. The summed E-state index contributed by atoms with van der Waals surface area (Å²) < 4.78 is 32.0. The molecule has 0 aliphatic carbocycles. The molecule has 1 saturated heterocycles. The summed E-state index contributed by atoms with van der Waals surface area (Å²) in [4.78, 5) is 12.6.